The lowest BCUT2D eigenvalue weighted by atomic mass is 10.3. The quantitative estimate of drug-likeness (QED) is 0.781. The number of hydrogen-bond donors (Lipinski definition) is 1. The fourth-order valence-corrected chi connectivity index (χ4v) is 1.61. The second-order valence-electron chi connectivity index (χ2n) is 3.33. The Balaban J connectivity index is 2.49. The van der Waals surface area contributed by atoms with Crippen LogP contribution in [0.2, 0.25) is 0 Å². The first kappa shape index (κ1) is 11.4. The SMILES string of the molecule is CC(CCn1cncc1CO)S(C)=O. The van der Waals surface area contributed by atoms with E-state index in [-0.39, 0.29) is 11.9 Å². The van der Waals surface area contributed by atoms with Gasteiger partial charge < -0.3 is 9.67 Å². The van der Waals surface area contributed by atoms with Crippen molar-refractivity contribution in [2.45, 2.75) is 31.7 Å². The number of imidazole rings is 1. The summed E-state index contributed by atoms with van der Waals surface area (Å²) in [6, 6.07) is 0. The highest BCUT2D eigenvalue weighted by molar-refractivity contribution is 7.84. The van der Waals surface area contributed by atoms with E-state index < -0.39 is 10.8 Å². The van der Waals surface area contributed by atoms with E-state index in [0.29, 0.717) is 0 Å². The molecular formula is C9H16N2O2S. The molecule has 0 fully saturated rings. The summed E-state index contributed by atoms with van der Waals surface area (Å²) in [7, 11) is -0.777. The van der Waals surface area contributed by atoms with Crippen LogP contribution in [0.25, 0.3) is 0 Å². The smallest absolute Gasteiger partial charge is 0.0948 e. The molecule has 0 bridgehead atoms. The molecule has 5 heteroatoms. The van der Waals surface area contributed by atoms with Gasteiger partial charge in [-0.15, -0.1) is 0 Å². The van der Waals surface area contributed by atoms with Crippen LogP contribution < -0.4 is 0 Å². The van der Waals surface area contributed by atoms with Gasteiger partial charge in [0.25, 0.3) is 0 Å². The Labute approximate surface area is 86.4 Å². The topological polar surface area (TPSA) is 55.1 Å². The van der Waals surface area contributed by atoms with Crippen LogP contribution in [-0.2, 0) is 24.0 Å². The average Bonchev–Trinajstić information content (AvgIpc) is 2.60. The van der Waals surface area contributed by atoms with Crippen molar-refractivity contribution in [2.75, 3.05) is 6.26 Å². The van der Waals surface area contributed by atoms with E-state index in [1.165, 1.54) is 0 Å². The zero-order valence-corrected chi connectivity index (χ0v) is 9.33. The molecule has 1 aromatic rings. The van der Waals surface area contributed by atoms with Crippen LogP contribution in [0.4, 0.5) is 0 Å². The van der Waals surface area contributed by atoms with E-state index in [9.17, 15) is 4.21 Å². The fourth-order valence-electron chi connectivity index (χ4n) is 1.17. The third-order valence-electron chi connectivity index (χ3n) is 2.30. The van der Waals surface area contributed by atoms with Gasteiger partial charge in [0.1, 0.15) is 0 Å². The summed E-state index contributed by atoms with van der Waals surface area (Å²) in [5, 5.41) is 9.15. The molecule has 1 N–H and O–H groups in total. The third kappa shape index (κ3) is 2.92. The first-order valence-electron chi connectivity index (χ1n) is 4.57. The van der Waals surface area contributed by atoms with Crippen LogP contribution >= 0.6 is 0 Å². The summed E-state index contributed by atoms with van der Waals surface area (Å²) in [6.07, 6.45) is 5.89. The molecule has 2 atom stereocenters. The maximum absolute atomic E-state index is 11.1. The maximum atomic E-state index is 11.1. The van der Waals surface area contributed by atoms with E-state index in [1.54, 1.807) is 18.8 Å². The first-order chi connectivity index (χ1) is 6.65. The van der Waals surface area contributed by atoms with Crippen LogP contribution in [0.1, 0.15) is 19.0 Å². The van der Waals surface area contributed by atoms with Crippen molar-refractivity contribution < 1.29 is 9.32 Å². The van der Waals surface area contributed by atoms with Crippen molar-refractivity contribution in [3.63, 3.8) is 0 Å². The Morgan fingerprint density at radius 2 is 2.43 bits per heavy atom. The van der Waals surface area contributed by atoms with Crippen molar-refractivity contribution >= 4 is 10.8 Å². The van der Waals surface area contributed by atoms with E-state index >= 15 is 0 Å². The molecule has 0 aliphatic carbocycles. The molecule has 1 heterocycles. The predicted molar refractivity (Wildman–Crippen MR) is 56.3 cm³/mol. The minimum absolute atomic E-state index is 0.00357. The molecule has 0 radical (unpaired) electrons. The molecule has 0 aromatic carbocycles. The lowest BCUT2D eigenvalue weighted by Gasteiger charge is -2.10. The zero-order chi connectivity index (χ0) is 10.6. The molecular weight excluding hydrogens is 200 g/mol. The van der Waals surface area contributed by atoms with Crippen molar-refractivity contribution in [2.24, 2.45) is 0 Å². The van der Waals surface area contributed by atoms with Gasteiger partial charge in [0.2, 0.25) is 0 Å². The van der Waals surface area contributed by atoms with Crippen LogP contribution in [0.5, 0.6) is 0 Å². The largest absolute Gasteiger partial charge is 0.390 e. The minimum Gasteiger partial charge on any atom is -0.390 e. The second-order valence-corrected chi connectivity index (χ2v) is 5.14. The van der Waals surface area contributed by atoms with Gasteiger partial charge in [0.05, 0.1) is 24.8 Å². The van der Waals surface area contributed by atoms with Gasteiger partial charge in [-0.25, -0.2) is 4.98 Å². The highest BCUT2D eigenvalue weighted by Gasteiger charge is 2.07. The van der Waals surface area contributed by atoms with Gasteiger partial charge in [-0.05, 0) is 6.42 Å². The molecule has 0 aliphatic heterocycles. The Bertz CT molecular complexity index is 312. The summed E-state index contributed by atoms with van der Waals surface area (Å²) in [4.78, 5) is 3.94. The van der Waals surface area contributed by atoms with Gasteiger partial charge in [-0.1, -0.05) is 6.92 Å². The number of rotatable bonds is 5. The van der Waals surface area contributed by atoms with E-state index in [0.717, 1.165) is 18.7 Å². The predicted octanol–water partition coefficient (Wildman–Crippen LogP) is 0.532. The Morgan fingerprint density at radius 3 is 3.00 bits per heavy atom. The van der Waals surface area contributed by atoms with Crippen LogP contribution in [0, 0.1) is 0 Å². The summed E-state index contributed by atoms with van der Waals surface area (Å²) in [5.74, 6) is 0. The summed E-state index contributed by atoms with van der Waals surface area (Å²) in [6.45, 7) is 2.73. The third-order valence-corrected chi connectivity index (χ3v) is 3.67. The van der Waals surface area contributed by atoms with E-state index in [1.807, 2.05) is 11.5 Å². The lowest BCUT2D eigenvalue weighted by Crippen LogP contribution is -2.13. The lowest BCUT2D eigenvalue weighted by molar-refractivity contribution is 0.270. The molecule has 0 amide bonds. The van der Waals surface area contributed by atoms with E-state index in [4.69, 9.17) is 5.11 Å². The van der Waals surface area contributed by atoms with Crippen molar-refractivity contribution in [3.05, 3.63) is 18.2 Å². The number of aliphatic hydroxyl groups is 1. The number of aliphatic hydroxyl groups excluding tert-OH is 1. The van der Waals surface area contributed by atoms with Gasteiger partial charge in [-0.3, -0.25) is 4.21 Å². The molecule has 80 valence electrons. The summed E-state index contributed by atoms with van der Waals surface area (Å²) >= 11 is 0. The number of aryl methyl sites for hydroxylation is 1. The maximum Gasteiger partial charge on any atom is 0.0948 e. The van der Waals surface area contributed by atoms with Crippen molar-refractivity contribution in [1.82, 2.24) is 9.55 Å². The minimum atomic E-state index is -0.777. The van der Waals surface area contributed by atoms with Crippen LogP contribution in [-0.4, -0.2) is 30.4 Å². The molecule has 2 unspecified atom stereocenters. The molecule has 0 saturated carbocycles. The molecule has 0 aliphatic rings. The molecule has 14 heavy (non-hydrogen) atoms. The average molecular weight is 216 g/mol. The van der Waals surface area contributed by atoms with Gasteiger partial charge in [0, 0.05) is 28.9 Å². The number of aromatic nitrogens is 2. The number of hydrogen-bond acceptors (Lipinski definition) is 3. The number of nitrogens with zero attached hydrogens (tertiary/aromatic N) is 2. The van der Waals surface area contributed by atoms with Crippen LogP contribution in [0.3, 0.4) is 0 Å². The van der Waals surface area contributed by atoms with E-state index in [2.05, 4.69) is 4.98 Å². The second kappa shape index (κ2) is 5.26. The molecule has 0 spiro atoms. The highest BCUT2D eigenvalue weighted by Crippen LogP contribution is 2.05. The normalized spacial score (nSPS) is 15.4. The Kier molecular flexibility index (Phi) is 4.28. The van der Waals surface area contributed by atoms with Gasteiger partial charge in [-0.2, -0.15) is 0 Å². The Hall–Kier alpha value is -0.680. The van der Waals surface area contributed by atoms with Crippen molar-refractivity contribution in [1.29, 1.82) is 0 Å². The fraction of sp³-hybridized carbons (Fsp3) is 0.667. The van der Waals surface area contributed by atoms with Crippen LogP contribution in [0.15, 0.2) is 12.5 Å². The molecule has 0 saturated heterocycles. The molecule has 4 nitrogen and oxygen atoms in total. The molecule has 1 rings (SSSR count). The summed E-state index contributed by atoms with van der Waals surface area (Å²) < 4.78 is 13.0. The highest BCUT2D eigenvalue weighted by atomic mass is 32.2. The molecule has 1 aromatic heterocycles. The first-order valence-corrected chi connectivity index (χ1v) is 6.19. The zero-order valence-electron chi connectivity index (χ0n) is 8.51. The monoisotopic (exact) mass is 216 g/mol. The van der Waals surface area contributed by atoms with Gasteiger partial charge >= 0.3 is 0 Å². The van der Waals surface area contributed by atoms with Crippen molar-refractivity contribution in [3.8, 4) is 0 Å². The standard InChI is InChI=1S/C9H16N2O2S/c1-8(14(2)13)3-4-11-7-10-5-9(11)6-12/h5,7-8,12H,3-4,6H2,1-2H3. The Morgan fingerprint density at radius 1 is 1.71 bits per heavy atom. The van der Waals surface area contributed by atoms with Gasteiger partial charge in [0.15, 0.2) is 0 Å². The summed E-state index contributed by atoms with van der Waals surface area (Å²) in [5.41, 5.74) is 0.805.